The van der Waals surface area contributed by atoms with Crippen molar-refractivity contribution in [3.63, 3.8) is 0 Å². The summed E-state index contributed by atoms with van der Waals surface area (Å²) in [5.41, 5.74) is 16.3. The third-order valence-electron chi connectivity index (χ3n) is 15.1. The molecule has 0 saturated heterocycles. The molecule has 0 fully saturated rings. The highest BCUT2D eigenvalue weighted by Gasteiger charge is 2.21. The molecule has 0 bridgehead atoms. The Kier molecular flexibility index (Phi) is 9.40. The minimum absolute atomic E-state index is 0.552. The van der Waals surface area contributed by atoms with Crippen molar-refractivity contribution < 1.29 is 8.83 Å². The molecule has 0 atom stereocenters. The van der Waals surface area contributed by atoms with Gasteiger partial charge in [0.15, 0.2) is 17.5 Å². The van der Waals surface area contributed by atoms with E-state index in [1.807, 2.05) is 53.8 Å². The molecule has 0 saturated carbocycles. The van der Waals surface area contributed by atoms with E-state index < -0.39 is 0 Å². The van der Waals surface area contributed by atoms with Crippen molar-refractivity contribution in [2.75, 3.05) is 0 Å². The molecule has 0 spiro atoms. The highest BCUT2D eigenvalue weighted by atomic mass is 32.1. The molecule has 76 heavy (non-hydrogen) atoms. The fourth-order valence-electron chi connectivity index (χ4n) is 11.5. The molecular weight excluding hydrogens is 949 g/mol. The van der Waals surface area contributed by atoms with Gasteiger partial charge in [-0.2, -0.15) is 0 Å². The molecule has 0 amide bonds. The summed E-state index contributed by atoms with van der Waals surface area (Å²) < 4.78 is 17.9. The number of hydrogen-bond donors (Lipinski definition) is 0. The van der Waals surface area contributed by atoms with Gasteiger partial charge in [0.2, 0.25) is 0 Å². The minimum Gasteiger partial charge on any atom is -0.456 e. The van der Waals surface area contributed by atoms with Gasteiger partial charge in [-0.25, -0.2) is 15.0 Å². The molecule has 16 rings (SSSR count). The Morgan fingerprint density at radius 3 is 1.74 bits per heavy atom. The molecule has 0 aliphatic heterocycles. The van der Waals surface area contributed by atoms with Crippen molar-refractivity contribution in [2.24, 2.45) is 0 Å². The van der Waals surface area contributed by atoms with Crippen LogP contribution in [0.2, 0.25) is 0 Å². The Hall–Kier alpha value is -9.95. The molecular formula is C69H40N4O2S. The van der Waals surface area contributed by atoms with Gasteiger partial charge < -0.3 is 13.4 Å². The zero-order valence-corrected chi connectivity index (χ0v) is 41.4. The van der Waals surface area contributed by atoms with E-state index >= 15 is 0 Å². The van der Waals surface area contributed by atoms with Crippen LogP contribution in [0.3, 0.4) is 0 Å². The molecule has 6 nitrogen and oxygen atoms in total. The molecule has 5 heterocycles. The van der Waals surface area contributed by atoms with Crippen molar-refractivity contribution in [3.05, 3.63) is 243 Å². The van der Waals surface area contributed by atoms with Gasteiger partial charge in [-0.3, -0.25) is 0 Å². The number of nitrogens with zero attached hydrogens (tertiary/aromatic N) is 4. The van der Waals surface area contributed by atoms with Gasteiger partial charge in [0.25, 0.3) is 0 Å². The molecule has 7 heteroatoms. The highest BCUT2D eigenvalue weighted by Crippen LogP contribution is 2.45. The minimum atomic E-state index is 0.552. The molecule has 0 N–H and O–H groups in total. The molecule has 0 aliphatic carbocycles. The zero-order chi connectivity index (χ0) is 49.8. The number of hydrogen-bond acceptors (Lipinski definition) is 6. The fourth-order valence-corrected chi connectivity index (χ4v) is 12.7. The predicted octanol–water partition coefficient (Wildman–Crippen LogP) is 19.1. The van der Waals surface area contributed by atoms with Crippen molar-refractivity contribution >= 4 is 97.2 Å². The lowest BCUT2D eigenvalue weighted by Gasteiger charge is -2.10. The molecule has 0 radical (unpaired) electrons. The molecule has 11 aromatic carbocycles. The number of furan rings is 2. The van der Waals surface area contributed by atoms with Crippen LogP contribution in [0.15, 0.2) is 251 Å². The second-order valence-electron chi connectivity index (χ2n) is 19.5. The molecule has 354 valence electrons. The summed E-state index contributed by atoms with van der Waals surface area (Å²) in [6.45, 7) is 0. The van der Waals surface area contributed by atoms with Gasteiger partial charge in [0.1, 0.15) is 22.3 Å². The van der Waals surface area contributed by atoms with E-state index in [2.05, 4.69) is 205 Å². The Labute approximate surface area is 439 Å². The lowest BCUT2D eigenvalue weighted by atomic mass is 9.98. The van der Waals surface area contributed by atoms with E-state index in [4.69, 9.17) is 23.8 Å². The third kappa shape index (κ3) is 6.76. The largest absolute Gasteiger partial charge is 0.456 e. The van der Waals surface area contributed by atoms with E-state index in [-0.39, 0.29) is 0 Å². The fraction of sp³-hybridized carbons (Fsp3) is 0. The van der Waals surface area contributed by atoms with Gasteiger partial charge in [0, 0.05) is 74.9 Å². The van der Waals surface area contributed by atoms with E-state index in [0.29, 0.717) is 17.5 Å². The summed E-state index contributed by atoms with van der Waals surface area (Å²) in [5.74, 6) is 1.68. The van der Waals surface area contributed by atoms with Crippen molar-refractivity contribution in [2.45, 2.75) is 0 Å². The summed E-state index contributed by atoms with van der Waals surface area (Å²) >= 11 is 1.86. The van der Waals surface area contributed by atoms with Crippen molar-refractivity contribution in [3.8, 4) is 73.2 Å². The number of aromatic nitrogens is 4. The van der Waals surface area contributed by atoms with Crippen LogP contribution in [0.1, 0.15) is 0 Å². The Morgan fingerprint density at radius 2 is 0.868 bits per heavy atom. The summed E-state index contributed by atoms with van der Waals surface area (Å²) in [7, 11) is 0. The standard InChI is InChI=1S/C69H40N4O2S/c1-3-13-41(14-4-1)42-25-27-43(28-26-42)67-70-68(47-29-33-52-51-18-8-10-23-60(51)75-63(52)40-47)72-69(71-67)54-21-12-24-62-65(54)57-38-44(31-35-61(57)74-62)45-32-36-64-56(37-45)53-20-11-19-49(66(53)76-64)46-30-34-59-55(39-46)50-17-7-9-22-58(50)73(59)48-15-5-2-6-16-48/h1-40H. The number of thiophene rings is 1. The quantitative estimate of drug-likeness (QED) is 0.159. The lowest BCUT2D eigenvalue weighted by molar-refractivity contribution is 0.668. The van der Waals surface area contributed by atoms with E-state index in [1.165, 1.54) is 53.1 Å². The normalized spacial score (nSPS) is 11.9. The maximum Gasteiger partial charge on any atom is 0.164 e. The Bertz CT molecular complexity index is 4990. The van der Waals surface area contributed by atoms with Crippen LogP contribution < -0.4 is 0 Å². The first-order chi connectivity index (χ1) is 37.6. The second kappa shape index (κ2) is 16.8. The molecule has 0 unspecified atom stereocenters. The van der Waals surface area contributed by atoms with Crippen molar-refractivity contribution in [1.29, 1.82) is 0 Å². The van der Waals surface area contributed by atoms with Crippen LogP contribution in [0, 0.1) is 0 Å². The maximum atomic E-state index is 6.63. The third-order valence-corrected chi connectivity index (χ3v) is 16.3. The molecule has 0 aliphatic rings. The van der Waals surface area contributed by atoms with Crippen LogP contribution in [0.4, 0.5) is 0 Å². The summed E-state index contributed by atoms with van der Waals surface area (Å²) in [5, 5.41) is 9.04. The Balaban J connectivity index is 0.812. The van der Waals surface area contributed by atoms with Crippen LogP contribution in [-0.2, 0) is 0 Å². The van der Waals surface area contributed by atoms with Crippen molar-refractivity contribution in [1.82, 2.24) is 19.5 Å². The monoisotopic (exact) mass is 988 g/mol. The number of benzene rings is 11. The first-order valence-electron chi connectivity index (χ1n) is 25.5. The van der Waals surface area contributed by atoms with Gasteiger partial charge >= 0.3 is 0 Å². The topological polar surface area (TPSA) is 69.9 Å². The highest BCUT2D eigenvalue weighted by molar-refractivity contribution is 7.26. The summed E-state index contributed by atoms with van der Waals surface area (Å²) in [6, 6.07) is 85.8. The first-order valence-corrected chi connectivity index (χ1v) is 26.3. The van der Waals surface area contributed by atoms with Crippen LogP contribution in [-0.4, -0.2) is 19.5 Å². The molecule has 5 aromatic heterocycles. The van der Waals surface area contributed by atoms with Gasteiger partial charge in [-0.1, -0.05) is 164 Å². The van der Waals surface area contributed by atoms with Crippen LogP contribution >= 0.6 is 11.3 Å². The second-order valence-corrected chi connectivity index (χ2v) is 20.5. The van der Waals surface area contributed by atoms with Crippen LogP contribution in [0.5, 0.6) is 0 Å². The number of fused-ring (bicyclic) bond motifs is 12. The zero-order valence-electron chi connectivity index (χ0n) is 40.6. The predicted molar refractivity (Wildman–Crippen MR) is 314 cm³/mol. The van der Waals surface area contributed by atoms with E-state index in [0.717, 1.165) is 88.5 Å². The average molecular weight is 989 g/mol. The lowest BCUT2D eigenvalue weighted by Crippen LogP contribution is -2.00. The number of para-hydroxylation sites is 3. The first kappa shape index (κ1) is 42.5. The SMILES string of the molecule is c1ccc(-c2ccc(-c3nc(-c4ccc5c(c4)oc4ccccc45)nc(-c4cccc5oc6ccc(-c7ccc8sc9c(-c%10ccc%11c(c%10)c%10ccccc%10n%11-c%10ccccc%10)cccc9c8c7)cc6c45)n3)cc2)cc1. The smallest absolute Gasteiger partial charge is 0.164 e. The summed E-state index contributed by atoms with van der Waals surface area (Å²) in [4.78, 5) is 15.7. The van der Waals surface area contributed by atoms with Gasteiger partial charge in [-0.15, -0.1) is 11.3 Å². The van der Waals surface area contributed by atoms with Gasteiger partial charge in [-0.05, 0) is 112 Å². The maximum absolute atomic E-state index is 6.63. The summed E-state index contributed by atoms with van der Waals surface area (Å²) in [6.07, 6.45) is 0. The molecule has 16 aromatic rings. The van der Waals surface area contributed by atoms with E-state index in [9.17, 15) is 0 Å². The Morgan fingerprint density at radius 1 is 0.303 bits per heavy atom. The number of rotatable bonds is 7. The van der Waals surface area contributed by atoms with E-state index in [1.54, 1.807) is 0 Å². The van der Waals surface area contributed by atoms with Crippen LogP contribution in [0.25, 0.3) is 159 Å². The average Bonchev–Trinajstić information content (AvgIpc) is 4.30. The van der Waals surface area contributed by atoms with Gasteiger partial charge in [0.05, 0.1) is 11.0 Å².